The van der Waals surface area contributed by atoms with Crippen molar-refractivity contribution in [1.82, 2.24) is 24.9 Å². The highest BCUT2D eigenvalue weighted by Crippen LogP contribution is 2.39. The fourth-order valence-electron chi connectivity index (χ4n) is 2.82. The molecule has 0 spiro atoms. The maximum absolute atomic E-state index is 5.62. The minimum atomic E-state index is 0.147. The van der Waals surface area contributed by atoms with E-state index in [1.807, 2.05) is 0 Å². The third-order valence-corrected chi connectivity index (χ3v) is 5.96. The van der Waals surface area contributed by atoms with Crippen molar-refractivity contribution in [3.05, 3.63) is 22.6 Å². The lowest BCUT2D eigenvalue weighted by molar-refractivity contribution is 0.699. The fraction of sp³-hybridized carbons (Fsp3) is 0.357. The first kappa shape index (κ1) is 14.6. The van der Waals surface area contributed by atoms with Crippen LogP contribution in [-0.4, -0.2) is 24.9 Å². The van der Waals surface area contributed by atoms with Gasteiger partial charge in [-0.05, 0) is 31.2 Å². The van der Waals surface area contributed by atoms with Crippen LogP contribution in [0.2, 0.25) is 0 Å². The van der Waals surface area contributed by atoms with Gasteiger partial charge < -0.3 is 11.5 Å². The summed E-state index contributed by atoms with van der Waals surface area (Å²) in [5, 5.41) is 2.18. The molecule has 7 nitrogen and oxygen atoms in total. The Morgan fingerprint density at radius 3 is 2.65 bits per heavy atom. The molecule has 1 aliphatic rings. The molecule has 23 heavy (non-hydrogen) atoms. The van der Waals surface area contributed by atoms with Crippen LogP contribution in [0.25, 0.3) is 10.2 Å². The summed E-state index contributed by atoms with van der Waals surface area (Å²) in [6.45, 7) is 0. The van der Waals surface area contributed by atoms with Crippen LogP contribution >= 0.6 is 23.1 Å². The maximum atomic E-state index is 5.62. The van der Waals surface area contributed by atoms with Crippen LogP contribution in [-0.2, 0) is 18.6 Å². The normalized spacial score (nSPS) is 14.1. The van der Waals surface area contributed by atoms with E-state index in [1.54, 1.807) is 29.4 Å². The Balaban J connectivity index is 1.67. The lowest BCUT2D eigenvalue weighted by Gasteiger charge is -2.11. The predicted octanol–water partition coefficient (Wildman–Crippen LogP) is 2.21. The molecule has 3 aromatic rings. The van der Waals surface area contributed by atoms with Crippen molar-refractivity contribution >= 4 is 45.2 Å². The molecule has 118 valence electrons. The molecule has 4 rings (SSSR count). The van der Waals surface area contributed by atoms with Crippen LogP contribution in [0.4, 0.5) is 11.9 Å². The second kappa shape index (κ2) is 5.89. The molecule has 4 N–H and O–H groups in total. The molecule has 1 aliphatic carbocycles. The molecule has 9 heteroatoms. The molecule has 0 aromatic carbocycles. The maximum Gasteiger partial charge on any atom is 0.225 e. The largest absolute Gasteiger partial charge is 0.368 e. The summed E-state index contributed by atoms with van der Waals surface area (Å²) < 4.78 is 0. The van der Waals surface area contributed by atoms with E-state index < -0.39 is 0 Å². The van der Waals surface area contributed by atoms with E-state index in [4.69, 9.17) is 11.5 Å². The van der Waals surface area contributed by atoms with Gasteiger partial charge in [-0.15, -0.1) is 11.3 Å². The van der Waals surface area contributed by atoms with Gasteiger partial charge in [0.1, 0.15) is 22.0 Å². The number of nitrogens with zero attached hydrogens (tertiary/aromatic N) is 5. The van der Waals surface area contributed by atoms with E-state index >= 15 is 0 Å². The fourth-order valence-corrected chi connectivity index (χ4v) is 5.00. The predicted molar refractivity (Wildman–Crippen MR) is 92.3 cm³/mol. The van der Waals surface area contributed by atoms with Crippen molar-refractivity contribution in [3.8, 4) is 0 Å². The van der Waals surface area contributed by atoms with Crippen molar-refractivity contribution in [3.63, 3.8) is 0 Å². The van der Waals surface area contributed by atoms with E-state index in [-0.39, 0.29) is 11.9 Å². The lowest BCUT2D eigenvalue weighted by atomic mass is 9.97. The number of fused-ring (bicyclic) bond motifs is 3. The molecule has 0 bridgehead atoms. The van der Waals surface area contributed by atoms with Crippen LogP contribution in [0, 0.1) is 0 Å². The van der Waals surface area contributed by atoms with Crippen molar-refractivity contribution < 1.29 is 0 Å². The van der Waals surface area contributed by atoms with Crippen LogP contribution in [0.15, 0.2) is 11.4 Å². The van der Waals surface area contributed by atoms with Gasteiger partial charge in [-0.3, -0.25) is 0 Å². The van der Waals surface area contributed by atoms with Gasteiger partial charge in [0.05, 0.1) is 5.75 Å². The SMILES string of the molecule is Nc1nc(N)nc(CSc2ncnc3sc4c(c23)CCCC4)n1. The molecule has 3 heterocycles. The summed E-state index contributed by atoms with van der Waals surface area (Å²) in [6, 6.07) is 0. The molecule has 0 fully saturated rings. The molecular formula is C14H15N7S2. The summed E-state index contributed by atoms with van der Waals surface area (Å²) in [5.41, 5.74) is 12.7. The number of aromatic nitrogens is 5. The molecule has 3 aromatic heterocycles. The first-order chi connectivity index (χ1) is 11.2. The van der Waals surface area contributed by atoms with Crippen LogP contribution in [0.3, 0.4) is 0 Å². The number of nitrogens with two attached hydrogens (primary N) is 2. The highest BCUT2D eigenvalue weighted by molar-refractivity contribution is 7.98. The highest BCUT2D eigenvalue weighted by atomic mass is 32.2. The number of rotatable bonds is 3. The summed E-state index contributed by atoms with van der Waals surface area (Å²) in [5.74, 6) is 1.41. The van der Waals surface area contributed by atoms with Crippen molar-refractivity contribution in [2.45, 2.75) is 36.5 Å². The zero-order valence-corrected chi connectivity index (χ0v) is 14.0. The van der Waals surface area contributed by atoms with Gasteiger partial charge in [0.25, 0.3) is 0 Å². The van der Waals surface area contributed by atoms with E-state index in [9.17, 15) is 0 Å². The van der Waals surface area contributed by atoms with E-state index in [0.717, 1.165) is 22.7 Å². The van der Waals surface area contributed by atoms with Gasteiger partial charge in [-0.2, -0.15) is 15.0 Å². The molecule has 0 atom stereocenters. The highest BCUT2D eigenvalue weighted by Gasteiger charge is 2.20. The number of thiophene rings is 1. The minimum Gasteiger partial charge on any atom is -0.368 e. The van der Waals surface area contributed by atoms with Gasteiger partial charge >= 0.3 is 0 Å². The molecule has 0 amide bonds. The molecule has 0 saturated heterocycles. The number of thioether (sulfide) groups is 1. The van der Waals surface area contributed by atoms with E-state index in [0.29, 0.717) is 11.6 Å². The first-order valence-corrected chi connectivity index (χ1v) is 9.15. The third kappa shape index (κ3) is 2.81. The Kier molecular flexibility index (Phi) is 3.74. The van der Waals surface area contributed by atoms with E-state index in [2.05, 4.69) is 24.9 Å². The zero-order valence-electron chi connectivity index (χ0n) is 12.3. The molecule has 0 radical (unpaired) electrons. The Hall–Kier alpha value is -2.00. The Labute approximate surface area is 141 Å². The molecule has 0 aliphatic heterocycles. The second-order valence-electron chi connectivity index (χ2n) is 5.33. The quantitative estimate of drug-likeness (QED) is 0.548. The number of hydrogen-bond donors (Lipinski definition) is 2. The van der Waals surface area contributed by atoms with Crippen LogP contribution < -0.4 is 11.5 Å². The molecule has 0 saturated carbocycles. The second-order valence-corrected chi connectivity index (χ2v) is 7.37. The topological polar surface area (TPSA) is 116 Å². The van der Waals surface area contributed by atoms with Gasteiger partial charge in [-0.25, -0.2) is 9.97 Å². The van der Waals surface area contributed by atoms with E-state index in [1.165, 1.54) is 28.7 Å². The van der Waals surface area contributed by atoms with Gasteiger partial charge in [0, 0.05) is 10.3 Å². The number of anilines is 2. The average molecular weight is 345 g/mol. The smallest absolute Gasteiger partial charge is 0.225 e. The minimum absolute atomic E-state index is 0.147. The average Bonchev–Trinajstić information content (AvgIpc) is 2.91. The van der Waals surface area contributed by atoms with Crippen LogP contribution in [0.5, 0.6) is 0 Å². The Morgan fingerprint density at radius 1 is 1.04 bits per heavy atom. The number of aryl methyl sites for hydroxylation is 2. The van der Waals surface area contributed by atoms with Gasteiger partial charge in [-0.1, -0.05) is 11.8 Å². The summed E-state index contributed by atoms with van der Waals surface area (Å²) in [7, 11) is 0. The van der Waals surface area contributed by atoms with Crippen molar-refractivity contribution in [2.75, 3.05) is 11.5 Å². The monoisotopic (exact) mass is 345 g/mol. The number of hydrogen-bond acceptors (Lipinski definition) is 9. The Bertz CT molecular complexity index is 857. The first-order valence-electron chi connectivity index (χ1n) is 7.34. The summed E-state index contributed by atoms with van der Waals surface area (Å²) in [6.07, 6.45) is 6.39. The molecular weight excluding hydrogens is 330 g/mol. The van der Waals surface area contributed by atoms with Crippen molar-refractivity contribution in [1.29, 1.82) is 0 Å². The van der Waals surface area contributed by atoms with Crippen LogP contribution in [0.1, 0.15) is 29.1 Å². The standard InChI is InChI=1S/C14H15N7S2/c15-13-19-9(20-14(16)21-13)5-22-11-10-7-3-1-2-4-8(7)23-12(10)18-6-17-11/h6H,1-5H2,(H4,15,16,19,20,21). The third-order valence-electron chi connectivity index (χ3n) is 3.77. The molecule has 0 unspecified atom stereocenters. The van der Waals surface area contributed by atoms with Crippen molar-refractivity contribution in [2.24, 2.45) is 0 Å². The van der Waals surface area contributed by atoms with Gasteiger partial charge in [0.15, 0.2) is 0 Å². The number of nitrogen functional groups attached to an aromatic ring is 2. The lowest BCUT2D eigenvalue weighted by Crippen LogP contribution is -2.06. The van der Waals surface area contributed by atoms with Gasteiger partial charge in [0.2, 0.25) is 11.9 Å². The zero-order chi connectivity index (χ0) is 15.8. The summed E-state index contributed by atoms with van der Waals surface area (Å²) >= 11 is 3.38. The summed E-state index contributed by atoms with van der Waals surface area (Å²) in [4.78, 5) is 23.5. The Morgan fingerprint density at radius 2 is 1.83 bits per heavy atom.